The van der Waals surface area contributed by atoms with E-state index in [-0.39, 0.29) is 6.10 Å². The molecule has 1 aromatic carbocycles. The van der Waals surface area contributed by atoms with Gasteiger partial charge in [-0.3, -0.25) is 0 Å². The van der Waals surface area contributed by atoms with Crippen LogP contribution < -0.4 is 0 Å². The fourth-order valence-corrected chi connectivity index (χ4v) is 2.45. The summed E-state index contributed by atoms with van der Waals surface area (Å²) in [5, 5.41) is 9.83. The van der Waals surface area contributed by atoms with Crippen LogP contribution in [0.15, 0.2) is 24.3 Å². The first kappa shape index (κ1) is 16.0. The van der Waals surface area contributed by atoms with E-state index in [0.717, 1.165) is 12.0 Å². The molecule has 0 spiro atoms. The first-order chi connectivity index (χ1) is 9.29. The quantitative estimate of drug-likeness (QED) is 0.587. The molecule has 2 nitrogen and oxygen atoms in total. The first-order valence-corrected chi connectivity index (χ1v) is 7.60. The Morgan fingerprint density at radius 1 is 1.00 bits per heavy atom. The van der Waals surface area contributed by atoms with Gasteiger partial charge in [-0.15, -0.1) is 0 Å². The predicted octanol–water partition coefficient (Wildman–Crippen LogP) is 5.22. The van der Waals surface area contributed by atoms with Crippen LogP contribution in [0.4, 0.5) is 0 Å². The topological polar surface area (TPSA) is 29.5 Å². The zero-order chi connectivity index (χ0) is 13.9. The van der Waals surface area contributed by atoms with Gasteiger partial charge in [0, 0.05) is 12.7 Å². The molecule has 108 valence electrons. The van der Waals surface area contributed by atoms with Crippen molar-refractivity contribution >= 4 is 0 Å². The molecule has 2 heteroatoms. The fourth-order valence-electron chi connectivity index (χ4n) is 2.45. The van der Waals surface area contributed by atoms with E-state index in [0.29, 0.717) is 5.75 Å². The first-order valence-electron chi connectivity index (χ1n) is 7.60. The highest BCUT2D eigenvalue weighted by Crippen LogP contribution is 2.30. The number of hydrogen-bond donors (Lipinski definition) is 1. The van der Waals surface area contributed by atoms with Gasteiger partial charge >= 0.3 is 0 Å². The van der Waals surface area contributed by atoms with E-state index in [4.69, 9.17) is 4.74 Å². The van der Waals surface area contributed by atoms with Crippen molar-refractivity contribution in [1.82, 2.24) is 0 Å². The van der Waals surface area contributed by atoms with Crippen LogP contribution in [0.3, 0.4) is 0 Å². The van der Waals surface area contributed by atoms with Crippen molar-refractivity contribution in [1.29, 1.82) is 0 Å². The summed E-state index contributed by atoms with van der Waals surface area (Å²) in [6.07, 6.45) is 10.1. The van der Waals surface area contributed by atoms with Crippen molar-refractivity contribution in [2.75, 3.05) is 7.11 Å². The molecular formula is C17H28O2. The summed E-state index contributed by atoms with van der Waals surface area (Å²) >= 11 is 0. The van der Waals surface area contributed by atoms with Crippen LogP contribution in [0.2, 0.25) is 0 Å². The molecule has 1 rings (SSSR count). The van der Waals surface area contributed by atoms with Crippen molar-refractivity contribution in [3.63, 3.8) is 0 Å². The molecule has 0 aliphatic rings. The average molecular weight is 264 g/mol. The fraction of sp³-hybridized carbons (Fsp3) is 0.647. The molecule has 0 aliphatic carbocycles. The summed E-state index contributed by atoms with van der Waals surface area (Å²) in [4.78, 5) is 0. The lowest BCUT2D eigenvalue weighted by Gasteiger charge is -2.16. The summed E-state index contributed by atoms with van der Waals surface area (Å²) in [7, 11) is 1.72. The largest absolute Gasteiger partial charge is 0.508 e. The van der Waals surface area contributed by atoms with E-state index in [1.165, 1.54) is 44.9 Å². The third-order valence-corrected chi connectivity index (χ3v) is 3.64. The number of para-hydroxylation sites is 1. The van der Waals surface area contributed by atoms with Gasteiger partial charge in [0.15, 0.2) is 0 Å². The zero-order valence-corrected chi connectivity index (χ0v) is 12.4. The van der Waals surface area contributed by atoms with Crippen LogP contribution in [-0.2, 0) is 4.74 Å². The number of phenols is 1. The lowest BCUT2D eigenvalue weighted by atomic mass is 10.0. The molecule has 0 aromatic heterocycles. The average Bonchev–Trinajstić information content (AvgIpc) is 2.43. The molecule has 0 aliphatic heterocycles. The van der Waals surface area contributed by atoms with E-state index >= 15 is 0 Å². The van der Waals surface area contributed by atoms with Gasteiger partial charge in [0.05, 0.1) is 6.10 Å². The number of phenolic OH excluding ortho intramolecular Hbond substituents is 1. The summed E-state index contributed by atoms with van der Waals surface area (Å²) < 4.78 is 5.50. The van der Waals surface area contributed by atoms with E-state index in [1.54, 1.807) is 13.2 Å². The molecule has 0 radical (unpaired) electrons. The molecule has 0 fully saturated rings. The van der Waals surface area contributed by atoms with Crippen LogP contribution in [0, 0.1) is 0 Å². The Morgan fingerprint density at radius 3 is 2.26 bits per heavy atom. The van der Waals surface area contributed by atoms with Crippen molar-refractivity contribution in [3.05, 3.63) is 29.8 Å². The standard InChI is InChI=1S/C17H28O2/c1-3-4-5-6-7-8-9-14-17(19-2)15-12-10-11-13-16(15)18/h10-13,17-18H,3-9,14H2,1-2H3. The molecule has 0 heterocycles. The number of methoxy groups -OCH3 is 1. The van der Waals surface area contributed by atoms with Crippen molar-refractivity contribution in [3.8, 4) is 5.75 Å². The maximum atomic E-state index is 9.83. The molecule has 0 amide bonds. The van der Waals surface area contributed by atoms with Crippen LogP contribution in [-0.4, -0.2) is 12.2 Å². The molecule has 1 aromatic rings. The third-order valence-electron chi connectivity index (χ3n) is 3.64. The Labute approximate surface area is 117 Å². The number of rotatable bonds is 10. The zero-order valence-electron chi connectivity index (χ0n) is 12.4. The minimum absolute atomic E-state index is 0.0249. The molecular weight excluding hydrogens is 236 g/mol. The van der Waals surface area contributed by atoms with Crippen LogP contribution in [0.25, 0.3) is 0 Å². The maximum Gasteiger partial charge on any atom is 0.121 e. The minimum Gasteiger partial charge on any atom is -0.508 e. The molecule has 19 heavy (non-hydrogen) atoms. The highest BCUT2D eigenvalue weighted by atomic mass is 16.5. The van der Waals surface area contributed by atoms with Crippen LogP contribution in [0.5, 0.6) is 5.75 Å². The van der Waals surface area contributed by atoms with E-state index in [9.17, 15) is 5.11 Å². The Bertz CT molecular complexity index is 336. The van der Waals surface area contributed by atoms with Crippen LogP contribution >= 0.6 is 0 Å². The van der Waals surface area contributed by atoms with Gasteiger partial charge in [-0.05, 0) is 12.5 Å². The van der Waals surface area contributed by atoms with Crippen molar-refractivity contribution < 1.29 is 9.84 Å². The van der Waals surface area contributed by atoms with Gasteiger partial charge in [-0.1, -0.05) is 70.1 Å². The molecule has 1 atom stereocenters. The molecule has 0 saturated heterocycles. The summed E-state index contributed by atoms with van der Waals surface area (Å²) in [5.74, 6) is 0.345. The lowest BCUT2D eigenvalue weighted by Crippen LogP contribution is -2.01. The van der Waals surface area contributed by atoms with E-state index in [2.05, 4.69) is 6.92 Å². The van der Waals surface area contributed by atoms with Crippen molar-refractivity contribution in [2.24, 2.45) is 0 Å². The number of unbranched alkanes of at least 4 members (excludes halogenated alkanes) is 6. The lowest BCUT2D eigenvalue weighted by molar-refractivity contribution is 0.0909. The second-order valence-electron chi connectivity index (χ2n) is 5.19. The van der Waals surface area contributed by atoms with E-state index in [1.807, 2.05) is 18.2 Å². The van der Waals surface area contributed by atoms with Crippen molar-refractivity contribution in [2.45, 2.75) is 64.4 Å². The second kappa shape index (κ2) is 9.85. The van der Waals surface area contributed by atoms with Gasteiger partial charge in [0.25, 0.3) is 0 Å². The smallest absolute Gasteiger partial charge is 0.121 e. The Morgan fingerprint density at radius 2 is 1.63 bits per heavy atom. The van der Waals surface area contributed by atoms with Crippen LogP contribution in [0.1, 0.15) is 70.0 Å². The predicted molar refractivity (Wildman–Crippen MR) is 80.5 cm³/mol. The second-order valence-corrected chi connectivity index (χ2v) is 5.19. The number of aromatic hydroxyl groups is 1. The summed E-state index contributed by atoms with van der Waals surface area (Å²) in [6.45, 7) is 2.25. The Kier molecular flexibility index (Phi) is 8.31. The normalized spacial score (nSPS) is 12.5. The van der Waals surface area contributed by atoms with Gasteiger partial charge in [0.2, 0.25) is 0 Å². The third kappa shape index (κ3) is 6.11. The maximum absolute atomic E-state index is 9.83. The van der Waals surface area contributed by atoms with Gasteiger partial charge in [-0.2, -0.15) is 0 Å². The number of ether oxygens (including phenoxy) is 1. The molecule has 0 bridgehead atoms. The van der Waals surface area contributed by atoms with Gasteiger partial charge < -0.3 is 9.84 Å². The highest BCUT2D eigenvalue weighted by molar-refractivity contribution is 5.33. The SMILES string of the molecule is CCCCCCCCCC(OC)c1ccccc1O. The summed E-state index contributed by atoms with van der Waals surface area (Å²) in [5.41, 5.74) is 0.913. The highest BCUT2D eigenvalue weighted by Gasteiger charge is 2.13. The van der Waals surface area contributed by atoms with E-state index < -0.39 is 0 Å². The van der Waals surface area contributed by atoms with Gasteiger partial charge in [-0.25, -0.2) is 0 Å². The Hall–Kier alpha value is -1.02. The number of benzene rings is 1. The molecule has 0 saturated carbocycles. The molecule has 1 unspecified atom stereocenters. The summed E-state index contributed by atoms with van der Waals surface area (Å²) in [6, 6.07) is 7.47. The Balaban J connectivity index is 2.24. The minimum atomic E-state index is 0.0249. The monoisotopic (exact) mass is 264 g/mol. The molecule has 1 N–H and O–H groups in total. The van der Waals surface area contributed by atoms with Gasteiger partial charge in [0.1, 0.15) is 5.75 Å². The number of hydrogen-bond acceptors (Lipinski definition) is 2.